The monoisotopic (exact) mass is 1170 g/mol. The molecular formula is C63H99NO17S. The topological polar surface area (TPSA) is 346 Å². The maximum atomic E-state index is 13.0. The van der Waals surface area contributed by atoms with Gasteiger partial charge in [-0.05, 0) is 90.2 Å². The van der Waals surface area contributed by atoms with Crippen molar-refractivity contribution in [3.8, 4) is 0 Å². The highest BCUT2D eigenvalue weighted by Gasteiger charge is 2.30. The number of nitrogens with two attached hydrogens (primary N) is 1. The number of unbranched alkanes of at least 4 members (excludes halogenated alkanes) is 1. The number of aliphatic hydroxyl groups excluding tert-OH is 11. The largest absolute Gasteiger partial charge is 0.397 e. The Kier molecular flexibility index (Phi) is 44.0. The van der Waals surface area contributed by atoms with Gasteiger partial charge in [-0.25, -0.2) is 4.18 Å². The molecule has 15 unspecified atom stereocenters. The Morgan fingerprint density at radius 3 is 1.48 bits per heavy atom. The first kappa shape index (κ1) is 77.3. The number of hydrogen-bond acceptors (Lipinski definition) is 17. The van der Waals surface area contributed by atoms with Gasteiger partial charge in [-0.15, -0.1) is 0 Å². The summed E-state index contributed by atoms with van der Waals surface area (Å²) in [4.78, 5) is 24.3. The molecular weight excluding hydrogens is 1070 g/mol. The zero-order valence-electron chi connectivity index (χ0n) is 48.6. The number of carbonyl (C=O) groups excluding carboxylic acids is 2. The van der Waals surface area contributed by atoms with Gasteiger partial charge in [0.25, 0.3) is 0 Å². The third-order valence-corrected chi connectivity index (χ3v) is 13.5. The Balaban J connectivity index is 4.81. The predicted molar refractivity (Wildman–Crippen MR) is 323 cm³/mol. The molecule has 464 valence electrons. The molecule has 0 aliphatic carbocycles. The standard InChI is InChI=1S/C63H99NO17S/c1-46(50(5)65)28-20-16-12-11-13-17-21-29-47(2)63(77)49(4)60(75)37-22-18-14-9-7-6-8-10-15-19-23-38-62(81-82(78,79)80)48(3)61(76)45-59(74)44-56(71)35-26-31-52(67)40-51(66)30-24-33-54(69)42-58(73)43-55(70)34-25-32-53(68)41-57(72)36-27-39-64/h6-12,14-16,18-26,28-30,34-35,37,47-49,51-60,62-63,66-75,77H,13,17,27,31-33,36,38-45,64H2,1-5H3,(H,78,79,80)/b8-6+,9-7+,12-11+,15-10+,18-14+,20-16+,23-19+,29-21+,30-24+,34-25+,35-26+,37-22+,46-28+. The molecule has 82 heavy (non-hydrogen) atoms. The number of hydrogen-bond donors (Lipinski definition) is 13. The van der Waals surface area contributed by atoms with Crippen molar-refractivity contribution >= 4 is 22.0 Å². The highest BCUT2D eigenvalue weighted by atomic mass is 32.3. The van der Waals surface area contributed by atoms with Crippen LogP contribution in [0.2, 0.25) is 0 Å². The van der Waals surface area contributed by atoms with Gasteiger partial charge in [0.1, 0.15) is 5.78 Å². The van der Waals surface area contributed by atoms with Crippen LogP contribution in [0.25, 0.3) is 0 Å². The third-order valence-electron chi connectivity index (χ3n) is 13.0. The van der Waals surface area contributed by atoms with Crippen LogP contribution in [0.15, 0.2) is 157 Å². The molecule has 0 spiro atoms. The van der Waals surface area contributed by atoms with E-state index in [0.717, 1.165) is 12.8 Å². The lowest BCUT2D eigenvalue weighted by molar-refractivity contribution is -0.127. The van der Waals surface area contributed by atoms with Gasteiger partial charge in [0.15, 0.2) is 5.78 Å². The lowest BCUT2D eigenvalue weighted by Crippen LogP contribution is -2.32. The third kappa shape index (κ3) is 43.1. The molecule has 0 aromatic carbocycles. The first-order chi connectivity index (χ1) is 38.8. The van der Waals surface area contributed by atoms with Gasteiger partial charge >= 0.3 is 10.4 Å². The van der Waals surface area contributed by atoms with Gasteiger partial charge in [-0.3, -0.25) is 14.1 Å². The van der Waals surface area contributed by atoms with Gasteiger partial charge in [-0.1, -0.05) is 173 Å². The summed E-state index contributed by atoms with van der Waals surface area (Å²) in [5.41, 5.74) is 6.12. The summed E-state index contributed by atoms with van der Waals surface area (Å²) >= 11 is 0. The lowest BCUT2D eigenvalue weighted by atomic mass is 9.88. The van der Waals surface area contributed by atoms with Crippen molar-refractivity contribution in [3.05, 3.63) is 157 Å². The molecule has 15 atom stereocenters. The van der Waals surface area contributed by atoms with Crippen LogP contribution in [0.1, 0.15) is 125 Å². The first-order valence-electron chi connectivity index (χ1n) is 28.3. The quantitative estimate of drug-likeness (QED) is 0.0105. The Morgan fingerprint density at radius 2 is 0.951 bits per heavy atom. The SMILES string of the molecule is CC(=O)/C(C)=C/C=C/C=C/CC/C=C/C(C)C(O)C(C)C(O)/C=C/C=C/C=C/C=C/C=C/C=C/CC(OS(=O)(=O)O)C(C)C(=O)CC(O)CC(O)/C=C/CC(O)CC(O)/C=C/CC(O)CC(O)CC(O)/C=C/CC(O)CC(O)CCCN. The highest BCUT2D eigenvalue weighted by molar-refractivity contribution is 7.80. The van der Waals surface area contributed by atoms with E-state index in [4.69, 9.17) is 9.92 Å². The lowest BCUT2D eigenvalue weighted by Gasteiger charge is -2.25. The summed E-state index contributed by atoms with van der Waals surface area (Å²) in [7, 11) is -4.95. The summed E-state index contributed by atoms with van der Waals surface area (Å²) in [5, 5.41) is 114. The van der Waals surface area contributed by atoms with Gasteiger partial charge < -0.3 is 61.9 Å². The van der Waals surface area contributed by atoms with E-state index in [1.807, 2.05) is 43.4 Å². The number of ketones is 2. The molecule has 0 saturated heterocycles. The number of Topliss-reactive ketones (excluding diaryl/α,β-unsaturated/α-hetero) is 2. The van der Waals surface area contributed by atoms with E-state index in [0.29, 0.717) is 25.0 Å². The average Bonchev–Trinajstić information content (AvgIpc) is 3.40. The van der Waals surface area contributed by atoms with Gasteiger partial charge in [0, 0.05) is 43.4 Å². The minimum absolute atomic E-state index is 0.0296. The second-order valence-corrected chi connectivity index (χ2v) is 21.8. The van der Waals surface area contributed by atoms with Crippen molar-refractivity contribution in [1.29, 1.82) is 0 Å². The van der Waals surface area contributed by atoms with Gasteiger partial charge in [-0.2, -0.15) is 8.42 Å². The van der Waals surface area contributed by atoms with E-state index in [1.54, 1.807) is 98.9 Å². The summed E-state index contributed by atoms with van der Waals surface area (Å²) in [6.45, 7) is 8.84. The molecule has 0 aliphatic rings. The first-order valence-corrected chi connectivity index (χ1v) is 29.7. The number of carbonyl (C=O) groups is 2. The molecule has 0 heterocycles. The van der Waals surface area contributed by atoms with E-state index in [-0.39, 0.29) is 69.5 Å². The molecule has 14 N–H and O–H groups in total. The minimum Gasteiger partial charge on any atom is -0.393 e. The van der Waals surface area contributed by atoms with Crippen molar-refractivity contribution < 1.29 is 82.9 Å². The summed E-state index contributed by atoms with van der Waals surface area (Å²) < 4.78 is 37.4. The molecule has 0 rings (SSSR count). The summed E-state index contributed by atoms with van der Waals surface area (Å²) in [6, 6.07) is 0. The second kappa shape index (κ2) is 46.7. The van der Waals surface area contributed by atoms with Crippen molar-refractivity contribution in [3.63, 3.8) is 0 Å². The number of aliphatic hydroxyl groups is 11. The molecule has 19 heteroatoms. The number of allylic oxidation sites excluding steroid dienone is 17. The second-order valence-electron chi connectivity index (χ2n) is 20.8. The molecule has 0 radical (unpaired) electrons. The van der Waals surface area contributed by atoms with Crippen molar-refractivity contribution in [2.75, 3.05) is 6.54 Å². The van der Waals surface area contributed by atoms with Crippen LogP contribution in [0.3, 0.4) is 0 Å². The van der Waals surface area contributed by atoms with Crippen LogP contribution in [0, 0.1) is 17.8 Å². The fourth-order valence-electron chi connectivity index (χ4n) is 7.94. The molecule has 0 aliphatic heterocycles. The molecule has 0 aromatic heterocycles. The predicted octanol–water partition coefficient (Wildman–Crippen LogP) is 6.25. The summed E-state index contributed by atoms with van der Waals surface area (Å²) in [6.07, 6.45) is 32.6. The van der Waals surface area contributed by atoms with E-state index >= 15 is 0 Å². The van der Waals surface area contributed by atoms with Crippen LogP contribution in [0.4, 0.5) is 0 Å². The van der Waals surface area contributed by atoms with Crippen LogP contribution >= 0.6 is 0 Å². The fraction of sp³-hybridized carbons (Fsp3) is 0.556. The van der Waals surface area contributed by atoms with E-state index in [2.05, 4.69) is 0 Å². The van der Waals surface area contributed by atoms with Crippen LogP contribution < -0.4 is 5.73 Å². The van der Waals surface area contributed by atoms with Crippen LogP contribution in [-0.4, -0.2) is 161 Å². The van der Waals surface area contributed by atoms with Crippen molar-refractivity contribution in [2.45, 2.75) is 198 Å². The van der Waals surface area contributed by atoms with Crippen LogP contribution in [0.5, 0.6) is 0 Å². The Bertz CT molecular complexity index is 2260. The molecule has 0 saturated carbocycles. The molecule has 18 nitrogen and oxygen atoms in total. The maximum absolute atomic E-state index is 13.0. The van der Waals surface area contributed by atoms with E-state index < -0.39 is 108 Å². The Hall–Kier alpha value is -4.65. The summed E-state index contributed by atoms with van der Waals surface area (Å²) in [5.74, 6) is -2.19. The molecule has 0 amide bonds. The van der Waals surface area contributed by atoms with E-state index in [9.17, 15) is 78.7 Å². The van der Waals surface area contributed by atoms with Crippen molar-refractivity contribution in [1.82, 2.24) is 0 Å². The average molecular weight is 1170 g/mol. The van der Waals surface area contributed by atoms with Crippen LogP contribution in [-0.2, 0) is 24.2 Å². The van der Waals surface area contributed by atoms with Gasteiger partial charge in [0.05, 0.1) is 73.2 Å². The highest BCUT2D eigenvalue weighted by Crippen LogP contribution is 2.21. The maximum Gasteiger partial charge on any atom is 0.397 e. The fourth-order valence-corrected chi connectivity index (χ4v) is 8.50. The van der Waals surface area contributed by atoms with E-state index in [1.165, 1.54) is 44.2 Å². The molecule has 0 aromatic rings. The Labute approximate surface area is 488 Å². The minimum atomic E-state index is -4.95. The molecule has 0 fully saturated rings. The zero-order chi connectivity index (χ0) is 61.9. The van der Waals surface area contributed by atoms with Crippen molar-refractivity contribution in [2.24, 2.45) is 23.5 Å². The Morgan fingerprint density at radius 1 is 0.500 bits per heavy atom. The number of rotatable bonds is 46. The van der Waals surface area contributed by atoms with Gasteiger partial charge in [0.2, 0.25) is 0 Å². The normalized spacial score (nSPS) is 19.3. The zero-order valence-corrected chi connectivity index (χ0v) is 49.4. The smallest absolute Gasteiger partial charge is 0.393 e. The molecule has 0 bridgehead atoms.